The van der Waals surface area contributed by atoms with E-state index in [1.54, 1.807) is 0 Å². The highest BCUT2D eigenvalue weighted by atomic mass is 14.3. The van der Waals surface area contributed by atoms with Crippen molar-refractivity contribution in [3.63, 3.8) is 0 Å². The summed E-state index contributed by atoms with van der Waals surface area (Å²) in [7, 11) is 0. The third kappa shape index (κ3) is 1.45. The molecule has 0 radical (unpaired) electrons. The van der Waals surface area contributed by atoms with Gasteiger partial charge in [-0.2, -0.15) is 5.26 Å². The van der Waals surface area contributed by atoms with Gasteiger partial charge in [0.05, 0.1) is 6.07 Å². The molecule has 0 bridgehead atoms. The second-order valence-corrected chi connectivity index (χ2v) is 3.03. The van der Waals surface area contributed by atoms with E-state index in [-0.39, 0.29) is 0 Å². The highest BCUT2D eigenvalue weighted by molar-refractivity contribution is 4.82. The minimum absolute atomic E-state index is 0.718. The first kappa shape index (κ1) is 6.61. The molecule has 0 aliphatic heterocycles. The van der Waals surface area contributed by atoms with Crippen molar-refractivity contribution < 1.29 is 0 Å². The van der Waals surface area contributed by atoms with Crippen molar-refractivity contribution >= 4 is 0 Å². The molecule has 0 heterocycles. The fourth-order valence-corrected chi connectivity index (χ4v) is 1.64. The highest BCUT2D eigenvalue weighted by Crippen LogP contribution is 2.32. The van der Waals surface area contributed by atoms with E-state index in [1.807, 2.05) is 0 Å². The lowest BCUT2D eigenvalue weighted by Crippen LogP contribution is -2.01. The smallest absolute Gasteiger partial charge is 0.0624 e. The van der Waals surface area contributed by atoms with Crippen LogP contribution in [0.15, 0.2) is 0 Å². The summed E-state index contributed by atoms with van der Waals surface area (Å²) >= 11 is 0. The summed E-state index contributed by atoms with van der Waals surface area (Å²) in [6.45, 7) is 2.26. The number of hydrogen-bond donors (Lipinski definition) is 0. The van der Waals surface area contributed by atoms with E-state index in [0.717, 1.165) is 18.3 Å². The van der Waals surface area contributed by atoms with Gasteiger partial charge in [0.25, 0.3) is 0 Å². The van der Waals surface area contributed by atoms with Crippen LogP contribution in [0.2, 0.25) is 0 Å². The van der Waals surface area contributed by atoms with Crippen molar-refractivity contribution in [2.75, 3.05) is 0 Å². The Bertz CT molecular complexity index is 123. The van der Waals surface area contributed by atoms with Crippen LogP contribution in [0.5, 0.6) is 0 Å². The van der Waals surface area contributed by atoms with Gasteiger partial charge in [-0.3, -0.25) is 0 Å². The Balaban J connectivity index is 2.33. The molecule has 50 valence electrons. The zero-order valence-corrected chi connectivity index (χ0v) is 5.93. The molecule has 0 aromatic carbocycles. The van der Waals surface area contributed by atoms with Crippen LogP contribution in [0.25, 0.3) is 0 Å². The van der Waals surface area contributed by atoms with Gasteiger partial charge in [0.15, 0.2) is 0 Å². The van der Waals surface area contributed by atoms with Gasteiger partial charge < -0.3 is 0 Å². The first-order valence-electron chi connectivity index (χ1n) is 3.71. The second-order valence-electron chi connectivity index (χ2n) is 3.03. The maximum absolute atomic E-state index is 8.39. The fraction of sp³-hybridized carbons (Fsp3) is 0.875. The highest BCUT2D eigenvalue weighted by Gasteiger charge is 2.22. The van der Waals surface area contributed by atoms with Gasteiger partial charge in [-0.15, -0.1) is 0 Å². The van der Waals surface area contributed by atoms with Crippen molar-refractivity contribution in [2.45, 2.75) is 32.6 Å². The molecule has 0 amide bonds. The number of hydrogen-bond acceptors (Lipinski definition) is 1. The van der Waals surface area contributed by atoms with Crippen LogP contribution in [-0.2, 0) is 0 Å². The summed E-state index contributed by atoms with van der Waals surface area (Å²) in [5.41, 5.74) is 0. The molecule has 2 atom stereocenters. The minimum atomic E-state index is 0.718. The maximum Gasteiger partial charge on any atom is 0.0624 e. The molecule has 2 unspecified atom stereocenters. The lowest BCUT2D eigenvalue weighted by molar-refractivity contribution is 0.427. The van der Waals surface area contributed by atoms with Crippen molar-refractivity contribution in [1.29, 1.82) is 5.26 Å². The molecule has 0 N–H and O–H groups in total. The van der Waals surface area contributed by atoms with Gasteiger partial charge in [0.2, 0.25) is 0 Å². The van der Waals surface area contributed by atoms with Crippen LogP contribution < -0.4 is 0 Å². The Hall–Kier alpha value is -0.510. The van der Waals surface area contributed by atoms with Gasteiger partial charge in [-0.1, -0.05) is 19.8 Å². The molecule has 0 aromatic heterocycles. The zero-order chi connectivity index (χ0) is 6.69. The summed E-state index contributed by atoms with van der Waals surface area (Å²) in [5, 5.41) is 8.39. The Kier molecular flexibility index (Phi) is 2.10. The molecule has 9 heavy (non-hydrogen) atoms. The first-order chi connectivity index (χ1) is 4.34. The SMILES string of the molecule is CC1CCCC1CC#N. The molecular formula is C8H13N. The molecule has 1 saturated carbocycles. The lowest BCUT2D eigenvalue weighted by atomic mass is 9.96. The van der Waals surface area contributed by atoms with Crippen LogP contribution in [-0.4, -0.2) is 0 Å². The Labute approximate surface area is 56.7 Å². The molecule has 1 nitrogen and oxygen atoms in total. The molecule has 1 fully saturated rings. The Morgan fingerprint density at radius 1 is 1.56 bits per heavy atom. The van der Waals surface area contributed by atoms with E-state index in [9.17, 15) is 0 Å². The fourth-order valence-electron chi connectivity index (χ4n) is 1.64. The topological polar surface area (TPSA) is 23.8 Å². The van der Waals surface area contributed by atoms with Crippen LogP contribution in [0.3, 0.4) is 0 Å². The molecule has 1 rings (SSSR count). The predicted octanol–water partition coefficient (Wildman–Crippen LogP) is 2.34. The summed E-state index contributed by atoms with van der Waals surface area (Å²) in [6, 6.07) is 2.24. The molecule has 0 saturated heterocycles. The van der Waals surface area contributed by atoms with E-state index in [4.69, 9.17) is 5.26 Å². The van der Waals surface area contributed by atoms with Crippen LogP contribution in [0.1, 0.15) is 32.6 Å². The molecule has 0 spiro atoms. The summed E-state index contributed by atoms with van der Waals surface area (Å²) < 4.78 is 0. The van der Waals surface area contributed by atoms with Crippen molar-refractivity contribution in [3.05, 3.63) is 0 Å². The summed E-state index contributed by atoms with van der Waals surface area (Å²) in [6.07, 6.45) is 4.75. The normalized spacial score (nSPS) is 34.2. The molecule has 0 aromatic rings. The van der Waals surface area contributed by atoms with Crippen LogP contribution in [0, 0.1) is 23.2 Å². The lowest BCUT2D eigenvalue weighted by Gasteiger charge is -2.08. The largest absolute Gasteiger partial charge is 0.198 e. The van der Waals surface area contributed by atoms with E-state index < -0.39 is 0 Å². The first-order valence-corrected chi connectivity index (χ1v) is 3.71. The quantitative estimate of drug-likeness (QED) is 0.525. The molecular weight excluding hydrogens is 110 g/mol. The van der Waals surface area contributed by atoms with Crippen LogP contribution >= 0.6 is 0 Å². The average molecular weight is 123 g/mol. The number of rotatable bonds is 1. The van der Waals surface area contributed by atoms with E-state index >= 15 is 0 Å². The molecule has 1 aliphatic carbocycles. The molecule has 1 aliphatic rings. The van der Waals surface area contributed by atoms with Gasteiger partial charge in [-0.25, -0.2) is 0 Å². The number of nitrogens with zero attached hydrogens (tertiary/aromatic N) is 1. The average Bonchev–Trinajstić information content (AvgIpc) is 2.18. The second kappa shape index (κ2) is 2.87. The summed E-state index contributed by atoms with van der Waals surface area (Å²) in [4.78, 5) is 0. The van der Waals surface area contributed by atoms with E-state index in [2.05, 4.69) is 13.0 Å². The van der Waals surface area contributed by atoms with Gasteiger partial charge in [-0.05, 0) is 18.3 Å². The van der Waals surface area contributed by atoms with Crippen molar-refractivity contribution in [2.24, 2.45) is 11.8 Å². The standard InChI is InChI=1S/C8H13N/c1-7-3-2-4-8(7)5-6-9/h7-8H,2-5H2,1H3. The number of nitriles is 1. The zero-order valence-electron chi connectivity index (χ0n) is 5.93. The van der Waals surface area contributed by atoms with Crippen molar-refractivity contribution in [3.8, 4) is 6.07 Å². The van der Waals surface area contributed by atoms with Gasteiger partial charge >= 0.3 is 0 Å². The van der Waals surface area contributed by atoms with E-state index in [0.29, 0.717) is 0 Å². The van der Waals surface area contributed by atoms with Gasteiger partial charge in [0.1, 0.15) is 0 Å². The van der Waals surface area contributed by atoms with Crippen LogP contribution in [0.4, 0.5) is 0 Å². The van der Waals surface area contributed by atoms with Crippen molar-refractivity contribution in [1.82, 2.24) is 0 Å². The van der Waals surface area contributed by atoms with Gasteiger partial charge in [0, 0.05) is 6.42 Å². The third-order valence-corrected chi connectivity index (χ3v) is 2.39. The minimum Gasteiger partial charge on any atom is -0.198 e. The van der Waals surface area contributed by atoms with E-state index in [1.165, 1.54) is 19.3 Å². The Morgan fingerprint density at radius 3 is 2.78 bits per heavy atom. The third-order valence-electron chi connectivity index (χ3n) is 2.39. The Morgan fingerprint density at radius 2 is 2.33 bits per heavy atom. The summed E-state index contributed by atoms with van der Waals surface area (Å²) in [5.74, 6) is 1.53. The monoisotopic (exact) mass is 123 g/mol. The molecule has 1 heteroatoms. The maximum atomic E-state index is 8.39. The predicted molar refractivity (Wildman–Crippen MR) is 36.7 cm³/mol.